The summed E-state index contributed by atoms with van der Waals surface area (Å²) in [5, 5.41) is 0. The van der Waals surface area contributed by atoms with Crippen LogP contribution in [-0.2, 0) is 5.54 Å². The maximum atomic E-state index is 4.42. The van der Waals surface area contributed by atoms with Crippen molar-refractivity contribution in [3.63, 3.8) is 0 Å². The van der Waals surface area contributed by atoms with E-state index in [1.54, 1.807) is 5.56 Å². The topological polar surface area (TPSA) is 16.1 Å². The molecule has 1 unspecified atom stereocenters. The summed E-state index contributed by atoms with van der Waals surface area (Å²) in [5.74, 6) is 0. The molecule has 1 aliphatic heterocycles. The molecule has 22 heavy (non-hydrogen) atoms. The lowest BCUT2D eigenvalue weighted by Gasteiger charge is -2.46. The van der Waals surface area contributed by atoms with Crippen LogP contribution in [0.15, 0.2) is 42.7 Å². The lowest BCUT2D eigenvalue weighted by molar-refractivity contribution is 0.284. The Morgan fingerprint density at radius 3 is 2.64 bits per heavy atom. The zero-order chi connectivity index (χ0) is 15.2. The van der Waals surface area contributed by atoms with Gasteiger partial charge >= 0.3 is 0 Å². The van der Waals surface area contributed by atoms with Gasteiger partial charge in [-0.25, -0.2) is 0 Å². The Morgan fingerprint density at radius 1 is 1.09 bits per heavy atom. The highest BCUT2D eigenvalue weighted by Gasteiger charge is 2.49. The fourth-order valence-corrected chi connectivity index (χ4v) is 4.72. The van der Waals surface area contributed by atoms with Crippen LogP contribution in [0, 0.1) is 6.92 Å². The van der Waals surface area contributed by atoms with Crippen LogP contribution in [0.2, 0.25) is 0 Å². The normalized spacial score (nSPS) is 22.8. The van der Waals surface area contributed by atoms with E-state index in [2.05, 4.69) is 60.3 Å². The van der Waals surface area contributed by atoms with E-state index in [1.807, 2.05) is 6.20 Å². The number of rotatable bonds is 1. The Hall–Kier alpha value is -1.83. The van der Waals surface area contributed by atoms with Crippen LogP contribution in [0.5, 0.6) is 0 Å². The van der Waals surface area contributed by atoms with Crippen molar-refractivity contribution in [3.05, 3.63) is 59.4 Å². The van der Waals surface area contributed by atoms with E-state index < -0.39 is 0 Å². The number of pyridine rings is 1. The summed E-state index contributed by atoms with van der Waals surface area (Å²) in [6.45, 7) is 4.57. The van der Waals surface area contributed by atoms with E-state index in [4.69, 9.17) is 0 Å². The van der Waals surface area contributed by atoms with Gasteiger partial charge in [0.15, 0.2) is 0 Å². The molecule has 4 rings (SSSR count). The minimum atomic E-state index is 0.183. The van der Waals surface area contributed by atoms with Crippen molar-refractivity contribution in [2.24, 2.45) is 0 Å². The average molecular weight is 292 g/mol. The molecule has 0 amide bonds. The average Bonchev–Trinajstić information content (AvgIpc) is 2.79. The number of hydrogen-bond donors (Lipinski definition) is 0. The second kappa shape index (κ2) is 5.12. The highest BCUT2D eigenvalue weighted by Crippen LogP contribution is 2.55. The zero-order valence-electron chi connectivity index (χ0n) is 13.5. The third-order valence-electron chi connectivity index (χ3n) is 5.71. The predicted octanol–water partition coefficient (Wildman–Crippen LogP) is 5.13. The minimum Gasteiger partial charge on any atom is -0.354 e. The molecule has 1 aliphatic carbocycles. The maximum absolute atomic E-state index is 4.42. The number of fused-ring (bicyclic) bond motifs is 2. The standard InChI is InChI=1S/C20H24N2/c1-15-10-13-21-14-19(15)22-16(2)17-8-4-5-9-18(17)20(22)11-6-3-7-12-20/h4-5,8-10,13-14,16H,3,6-7,11-12H2,1-2H3. The van der Waals surface area contributed by atoms with Crippen LogP contribution in [0.25, 0.3) is 0 Å². The van der Waals surface area contributed by atoms with Crippen molar-refractivity contribution in [2.45, 2.75) is 57.5 Å². The van der Waals surface area contributed by atoms with Gasteiger partial charge in [-0.15, -0.1) is 0 Å². The van der Waals surface area contributed by atoms with Crippen molar-refractivity contribution >= 4 is 5.69 Å². The summed E-state index contributed by atoms with van der Waals surface area (Å²) in [7, 11) is 0. The van der Waals surface area contributed by atoms with Gasteiger partial charge in [-0.05, 0) is 49.4 Å². The van der Waals surface area contributed by atoms with E-state index >= 15 is 0 Å². The summed E-state index contributed by atoms with van der Waals surface area (Å²) in [6, 6.07) is 11.6. The highest BCUT2D eigenvalue weighted by atomic mass is 15.3. The van der Waals surface area contributed by atoms with Gasteiger partial charge in [0.05, 0.1) is 23.5 Å². The Balaban J connectivity index is 1.92. The van der Waals surface area contributed by atoms with E-state index in [-0.39, 0.29) is 5.54 Å². The van der Waals surface area contributed by atoms with Crippen LogP contribution in [0.3, 0.4) is 0 Å². The first-order valence-corrected chi connectivity index (χ1v) is 8.53. The summed E-state index contributed by atoms with van der Waals surface area (Å²) in [4.78, 5) is 7.10. The molecule has 1 aromatic heterocycles. The van der Waals surface area contributed by atoms with Crippen LogP contribution in [-0.4, -0.2) is 4.98 Å². The molecule has 0 N–H and O–H groups in total. The number of anilines is 1. The van der Waals surface area contributed by atoms with Crippen molar-refractivity contribution in [3.8, 4) is 0 Å². The third kappa shape index (κ3) is 1.83. The van der Waals surface area contributed by atoms with Gasteiger partial charge in [-0.2, -0.15) is 0 Å². The summed E-state index contributed by atoms with van der Waals surface area (Å²) < 4.78 is 0. The summed E-state index contributed by atoms with van der Waals surface area (Å²) in [5.41, 5.74) is 5.90. The number of nitrogens with zero attached hydrogens (tertiary/aromatic N) is 2. The largest absolute Gasteiger partial charge is 0.354 e. The molecule has 114 valence electrons. The third-order valence-corrected chi connectivity index (χ3v) is 5.71. The monoisotopic (exact) mass is 292 g/mol. The van der Waals surface area contributed by atoms with Gasteiger partial charge in [0.1, 0.15) is 0 Å². The van der Waals surface area contributed by atoms with Crippen molar-refractivity contribution in [1.82, 2.24) is 4.98 Å². The molecular weight excluding hydrogens is 268 g/mol. The zero-order valence-corrected chi connectivity index (χ0v) is 13.5. The first kappa shape index (κ1) is 13.8. The van der Waals surface area contributed by atoms with E-state index in [0.717, 1.165) is 0 Å². The van der Waals surface area contributed by atoms with Crippen LogP contribution >= 0.6 is 0 Å². The van der Waals surface area contributed by atoms with Crippen molar-refractivity contribution < 1.29 is 0 Å². The second-order valence-electron chi connectivity index (χ2n) is 6.89. The van der Waals surface area contributed by atoms with Gasteiger partial charge in [0.25, 0.3) is 0 Å². The first-order valence-electron chi connectivity index (χ1n) is 8.53. The van der Waals surface area contributed by atoms with Gasteiger partial charge < -0.3 is 4.90 Å². The molecule has 2 aromatic rings. The first-order chi connectivity index (χ1) is 10.7. The highest BCUT2D eigenvalue weighted by molar-refractivity contribution is 5.62. The molecular formula is C20H24N2. The van der Waals surface area contributed by atoms with Crippen LogP contribution < -0.4 is 4.90 Å². The lowest BCUT2D eigenvalue weighted by Crippen LogP contribution is -2.44. The molecule has 1 atom stereocenters. The Kier molecular flexibility index (Phi) is 3.21. The van der Waals surface area contributed by atoms with Crippen LogP contribution in [0.4, 0.5) is 5.69 Å². The fraction of sp³-hybridized carbons (Fsp3) is 0.450. The molecule has 1 fully saturated rings. The number of hydrogen-bond acceptors (Lipinski definition) is 2. The summed E-state index contributed by atoms with van der Waals surface area (Å²) in [6.07, 6.45) is 10.5. The molecule has 1 spiro atoms. The number of aryl methyl sites for hydroxylation is 1. The molecule has 0 saturated heterocycles. The molecule has 1 saturated carbocycles. The van der Waals surface area contributed by atoms with E-state index in [9.17, 15) is 0 Å². The predicted molar refractivity (Wildman–Crippen MR) is 91.1 cm³/mol. The minimum absolute atomic E-state index is 0.183. The number of aromatic nitrogens is 1. The van der Waals surface area contributed by atoms with Gasteiger partial charge in [-0.1, -0.05) is 43.5 Å². The Morgan fingerprint density at radius 2 is 1.86 bits per heavy atom. The SMILES string of the molecule is Cc1ccncc1N1C(C)c2ccccc2C12CCCCC2. The lowest BCUT2D eigenvalue weighted by atomic mass is 9.76. The molecule has 1 aromatic carbocycles. The molecule has 2 nitrogen and oxygen atoms in total. The molecule has 0 radical (unpaired) electrons. The van der Waals surface area contributed by atoms with Gasteiger partial charge in [0.2, 0.25) is 0 Å². The quantitative estimate of drug-likeness (QED) is 0.724. The van der Waals surface area contributed by atoms with E-state index in [1.165, 1.54) is 48.9 Å². The van der Waals surface area contributed by atoms with Gasteiger partial charge in [-0.3, -0.25) is 4.98 Å². The fourth-order valence-electron chi connectivity index (χ4n) is 4.72. The maximum Gasteiger partial charge on any atom is 0.0664 e. The molecule has 2 heterocycles. The van der Waals surface area contributed by atoms with Crippen molar-refractivity contribution in [2.75, 3.05) is 4.90 Å². The second-order valence-corrected chi connectivity index (χ2v) is 6.89. The number of benzene rings is 1. The Labute approximate surface area is 133 Å². The Bertz CT molecular complexity index is 686. The molecule has 2 aliphatic rings. The molecule has 0 bridgehead atoms. The molecule has 2 heteroatoms. The van der Waals surface area contributed by atoms with Gasteiger partial charge in [0, 0.05) is 6.20 Å². The smallest absolute Gasteiger partial charge is 0.0664 e. The van der Waals surface area contributed by atoms with Crippen molar-refractivity contribution in [1.29, 1.82) is 0 Å². The summed E-state index contributed by atoms with van der Waals surface area (Å²) >= 11 is 0. The van der Waals surface area contributed by atoms with Crippen LogP contribution in [0.1, 0.15) is 61.8 Å². The van der Waals surface area contributed by atoms with E-state index in [0.29, 0.717) is 6.04 Å².